The van der Waals surface area contributed by atoms with Crippen molar-refractivity contribution in [3.8, 4) is 0 Å². The van der Waals surface area contributed by atoms with Crippen molar-refractivity contribution in [3.05, 3.63) is 34.6 Å². The summed E-state index contributed by atoms with van der Waals surface area (Å²) in [7, 11) is 0. The minimum Gasteiger partial charge on any atom is -0.316 e. The van der Waals surface area contributed by atoms with Gasteiger partial charge in [-0.2, -0.15) is 0 Å². The largest absolute Gasteiger partial charge is 0.316 e. The molecule has 21 heavy (non-hydrogen) atoms. The Morgan fingerprint density at radius 2 is 1.95 bits per heavy atom. The van der Waals surface area contributed by atoms with Crippen molar-refractivity contribution in [3.63, 3.8) is 0 Å². The first-order valence-electron chi connectivity index (χ1n) is 8.21. The number of rotatable bonds is 10. The van der Waals surface area contributed by atoms with Crippen molar-refractivity contribution in [1.29, 1.82) is 0 Å². The minimum absolute atomic E-state index is 0.169. The molecule has 1 nitrogen and oxygen atoms in total. The Morgan fingerprint density at radius 1 is 1.19 bits per heavy atom. The van der Waals surface area contributed by atoms with E-state index in [0.717, 1.165) is 44.3 Å². The van der Waals surface area contributed by atoms with Crippen LogP contribution in [-0.4, -0.2) is 13.1 Å². The van der Waals surface area contributed by atoms with E-state index >= 15 is 0 Å². The first-order valence-corrected chi connectivity index (χ1v) is 8.59. The van der Waals surface area contributed by atoms with Crippen LogP contribution in [0.2, 0.25) is 5.02 Å². The lowest BCUT2D eigenvalue weighted by atomic mass is 9.75. The van der Waals surface area contributed by atoms with E-state index < -0.39 is 0 Å². The van der Waals surface area contributed by atoms with E-state index in [1.54, 1.807) is 12.1 Å². The molecule has 1 rings (SSSR count). The second kappa shape index (κ2) is 9.42. The maximum atomic E-state index is 13.5. The molecule has 0 fully saturated rings. The third kappa shape index (κ3) is 5.96. The molecule has 0 aromatic heterocycles. The van der Waals surface area contributed by atoms with Gasteiger partial charge >= 0.3 is 0 Å². The van der Waals surface area contributed by atoms with E-state index in [1.165, 1.54) is 18.9 Å². The summed E-state index contributed by atoms with van der Waals surface area (Å²) in [5.74, 6) is -0.198. The molecule has 1 aromatic rings. The van der Waals surface area contributed by atoms with Crippen LogP contribution in [0.3, 0.4) is 0 Å². The highest BCUT2D eigenvalue weighted by Gasteiger charge is 2.28. The van der Waals surface area contributed by atoms with Gasteiger partial charge in [0.05, 0.1) is 0 Å². The molecule has 1 aromatic carbocycles. The average molecular weight is 314 g/mol. The summed E-state index contributed by atoms with van der Waals surface area (Å²) in [4.78, 5) is 0. The smallest absolute Gasteiger partial charge is 0.123 e. The molecule has 0 saturated carbocycles. The van der Waals surface area contributed by atoms with Gasteiger partial charge in [-0.05, 0) is 61.4 Å². The zero-order chi connectivity index (χ0) is 15.7. The van der Waals surface area contributed by atoms with Crippen LogP contribution in [0.5, 0.6) is 0 Å². The molecule has 0 radical (unpaired) electrons. The average Bonchev–Trinajstić information content (AvgIpc) is 2.48. The van der Waals surface area contributed by atoms with Gasteiger partial charge in [0.1, 0.15) is 5.82 Å². The van der Waals surface area contributed by atoms with Gasteiger partial charge in [-0.25, -0.2) is 4.39 Å². The number of benzene rings is 1. The highest BCUT2D eigenvalue weighted by molar-refractivity contribution is 6.31. The fourth-order valence-electron chi connectivity index (χ4n) is 2.83. The van der Waals surface area contributed by atoms with Crippen LogP contribution in [-0.2, 0) is 6.42 Å². The minimum atomic E-state index is -0.198. The Balaban J connectivity index is 2.90. The Hall–Kier alpha value is -0.600. The first-order chi connectivity index (χ1) is 10.1. The molecule has 0 aliphatic rings. The number of unbranched alkanes of at least 4 members (excludes halogenated alkanes) is 1. The van der Waals surface area contributed by atoms with Crippen molar-refractivity contribution in [2.45, 2.75) is 59.3 Å². The first kappa shape index (κ1) is 18.4. The summed E-state index contributed by atoms with van der Waals surface area (Å²) in [6, 6.07) is 4.70. The Bertz CT molecular complexity index is 422. The van der Waals surface area contributed by atoms with E-state index in [9.17, 15) is 4.39 Å². The summed E-state index contributed by atoms with van der Waals surface area (Å²) in [6.45, 7) is 8.64. The molecule has 120 valence electrons. The van der Waals surface area contributed by atoms with E-state index in [1.807, 2.05) is 0 Å². The maximum Gasteiger partial charge on any atom is 0.123 e. The third-order valence-electron chi connectivity index (χ3n) is 4.31. The molecule has 1 atom stereocenters. The normalized spacial score (nSPS) is 14.1. The van der Waals surface area contributed by atoms with Gasteiger partial charge in [-0.1, -0.05) is 45.2 Å². The predicted octanol–water partition coefficient (Wildman–Crippen LogP) is 5.61. The van der Waals surface area contributed by atoms with Crippen LogP contribution in [0.4, 0.5) is 4.39 Å². The number of hydrogen-bond acceptors (Lipinski definition) is 1. The molecular weight excluding hydrogens is 285 g/mol. The quantitative estimate of drug-likeness (QED) is 0.554. The molecule has 0 bridgehead atoms. The van der Waals surface area contributed by atoms with Gasteiger partial charge in [0.25, 0.3) is 0 Å². The van der Waals surface area contributed by atoms with Crippen molar-refractivity contribution in [1.82, 2.24) is 5.32 Å². The molecular formula is C18H29ClFN. The lowest BCUT2D eigenvalue weighted by Crippen LogP contribution is -2.36. The van der Waals surface area contributed by atoms with Gasteiger partial charge in [-0.15, -0.1) is 0 Å². The van der Waals surface area contributed by atoms with Gasteiger partial charge < -0.3 is 5.32 Å². The SMILES string of the molecule is CCCCC(CC)(CNCCC)Cc1cc(F)ccc1Cl. The van der Waals surface area contributed by atoms with Gasteiger partial charge in [-0.3, -0.25) is 0 Å². The van der Waals surface area contributed by atoms with Crippen LogP contribution in [0, 0.1) is 11.2 Å². The zero-order valence-corrected chi connectivity index (χ0v) is 14.4. The molecule has 0 amide bonds. The van der Waals surface area contributed by atoms with Crippen molar-refractivity contribution in [2.24, 2.45) is 5.41 Å². The van der Waals surface area contributed by atoms with E-state index in [0.29, 0.717) is 5.02 Å². The lowest BCUT2D eigenvalue weighted by molar-refractivity contribution is 0.229. The summed E-state index contributed by atoms with van der Waals surface area (Å²) in [5, 5.41) is 4.23. The summed E-state index contributed by atoms with van der Waals surface area (Å²) >= 11 is 6.27. The lowest BCUT2D eigenvalue weighted by Gasteiger charge is -2.34. The van der Waals surface area contributed by atoms with Crippen molar-refractivity contribution in [2.75, 3.05) is 13.1 Å². The second-order valence-electron chi connectivity index (χ2n) is 6.05. The summed E-state index contributed by atoms with van der Waals surface area (Å²) in [6.07, 6.45) is 6.60. The fourth-order valence-corrected chi connectivity index (χ4v) is 3.02. The number of halogens is 2. The number of hydrogen-bond donors (Lipinski definition) is 1. The standard InChI is InChI=1S/C18H29ClFN/c1-4-7-10-18(6-3,14-21-11-5-2)13-15-12-16(20)8-9-17(15)19/h8-9,12,21H,4-7,10-11,13-14H2,1-3H3. The van der Waals surface area contributed by atoms with Crippen LogP contribution >= 0.6 is 11.6 Å². The topological polar surface area (TPSA) is 12.0 Å². The van der Waals surface area contributed by atoms with Crippen LogP contribution in [0.1, 0.15) is 58.4 Å². The predicted molar refractivity (Wildman–Crippen MR) is 90.5 cm³/mol. The van der Waals surface area contributed by atoms with E-state index in [-0.39, 0.29) is 11.2 Å². The molecule has 0 heterocycles. The number of nitrogens with one attached hydrogen (secondary N) is 1. The zero-order valence-electron chi connectivity index (χ0n) is 13.6. The van der Waals surface area contributed by atoms with Crippen LogP contribution in [0.15, 0.2) is 18.2 Å². The highest BCUT2D eigenvalue weighted by Crippen LogP contribution is 2.35. The Morgan fingerprint density at radius 3 is 2.57 bits per heavy atom. The van der Waals surface area contributed by atoms with Crippen LogP contribution < -0.4 is 5.32 Å². The van der Waals surface area contributed by atoms with Crippen molar-refractivity contribution < 1.29 is 4.39 Å². The molecule has 0 aliphatic carbocycles. The molecule has 0 spiro atoms. The molecule has 0 aliphatic heterocycles. The highest BCUT2D eigenvalue weighted by atomic mass is 35.5. The monoisotopic (exact) mass is 313 g/mol. The maximum absolute atomic E-state index is 13.5. The third-order valence-corrected chi connectivity index (χ3v) is 4.68. The van der Waals surface area contributed by atoms with E-state index in [2.05, 4.69) is 26.1 Å². The Kier molecular flexibility index (Phi) is 8.28. The molecule has 1 N–H and O–H groups in total. The van der Waals surface area contributed by atoms with Gasteiger partial charge in [0.15, 0.2) is 0 Å². The van der Waals surface area contributed by atoms with Crippen LogP contribution in [0.25, 0.3) is 0 Å². The molecule has 0 saturated heterocycles. The second-order valence-corrected chi connectivity index (χ2v) is 6.45. The molecule has 3 heteroatoms. The van der Waals surface area contributed by atoms with Gasteiger partial charge in [0, 0.05) is 11.6 Å². The van der Waals surface area contributed by atoms with Crippen molar-refractivity contribution >= 4 is 11.6 Å². The summed E-state index contributed by atoms with van der Waals surface area (Å²) in [5.41, 5.74) is 1.11. The Labute approximate surface area is 134 Å². The fraction of sp³-hybridized carbons (Fsp3) is 0.667. The summed E-state index contributed by atoms with van der Waals surface area (Å²) < 4.78 is 13.5. The van der Waals surface area contributed by atoms with Gasteiger partial charge in [0.2, 0.25) is 0 Å². The molecule has 1 unspecified atom stereocenters. The van der Waals surface area contributed by atoms with E-state index in [4.69, 9.17) is 11.6 Å².